The van der Waals surface area contributed by atoms with E-state index in [9.17, 15) is 4.21 Å². The van der Waals surface area contributed by atoms with Crippen LogP contribution in [0.3, 0.4) is 0 Å². The molecular formula is C12H14BrN3OS. The summed E-state index contributed by atoms with van der Waals surface area (Å²) in [6.07, 6.45) is 7.12. The van der Waals surface area contributed by atoms with Gasteiger partial charge in [0, 0.05) is 34.8 Å². The van der Waals surface area contributed by atoms with Gasteiger partial charge in [0.2, 0.25) is 0 Å². The summed E-state index contributed by atoms with van der Waals surface area (Å²) in [5.74, 6) is 0. The molecule has 0 saturated carbocycles. The van der Waals surface area contributed by atoms with Crippen LogP contribution in [0, 0.1) is 0 Å². The summed E-state index contributed by atoms with van der Waals surface area (Å²) in [5, 5.41) is 0. The third-order valence-electron chi connectivity index (χ3n) is 2.29. The molecule has 0 fully saturated rings. The van der Waals surface area contributed by atoms with Crippen molar-refractivity contribution >= 4 is 38.8 Å². The number of nitrogens with zero attached hydrogens (tertiary/aromatic N) is 3. The minimum absolute atomic E-state index is 0.353. The molecule has 96 valence electrons. The SMILES string of the molecule is CC(C)(C)[S@@](=O)/N=C/c1cc(Br)cn2ccnc12. The number of fused-ring (bicyclic) bond motifs is 1. The molecule has 2 aromatic rings. The third-order valence-corrected chi connectivity index (χ3v) is 4.07. The van der Waals surface area contributed by atoms with Crippen LogP contribution < -0.4 is 0 Å². The second-order valence-corrected chi connectivity index (χ2v) is 7.72. The highest BCUT2D eigenvalue weighted by Crippen LogP contribution is 2.17. The summed E-state index contributed by atoms with van der Waals surface area (Å²) in [4.78, 5) is 4.25. The van der Waals surface area contributed by atoms with Crippen LogP contribution in [0.4, 0.5) is 0 Å². The smallest absolute Gasteiger partial charge is 0.145 e. The van der Waals surface area contributed by atoms with Gasteiger partial charge in [0.15, 0.2) is 0 Å². The molecule has 0 aromatic carbocycles. The standard InChI is InChI=1S/C12H14BrN3OS/c1-12(2,3)18(17)15-7-9-6-10(13)8-16-5-4-14-11(9)16/h4-8H,1-3H3/b15-7+/t18-/m1/s1. The van der Waals surface area contributed by atoms with Crippen LogP contribution in [0.15, 0.2) is 33.5 Å². The summed E-state index contributed by atoms with van der Waals surface area (Å²) in [6, 6.07) is 1.91. The number of rotatable bonds is 2. The number of imidazole rings is 1. The summed E-state index contributed by atoms with van der Waals surface area (Å²) in [5.41, 5.74) is 1.64. The monoisotopic (exact) mass is 327 g/mol. The lowest BCUT2D eigenvalue weighted by Crippen LogP contribution is -2.19. The molecule has 0 aliphatic heterocycles. The number of aromatic nitrogens is 2. The maximum Gasteiger partial charge on any atom is 0.145 e. The first-order valence-corrected chi connectivity index (χ1v) is 7.36. The molecular weight excluding hydrogens is 314 g/mol. The zero-order chi connectivity index (χ0) is 13.3. The molecule has 0 bridgehead atoms. The maximum atomic E-state index is 11.9. The lowest BCUT2D eigenvalue weighted by molar-refractivity contribution is 0.651. The average molecular weight is 328 g/mol. The highest BCUT2D eigenvalue weighted by molar-refractivity contribution is 9.10. The van der Waals surface area contributed by atoms with E-state index in [0.29, 0.717) is 0 Å². The fourth-order valence-electron chi connectivity index (χ4n) is 1.38. The molecule has 0 aliphatic carbocycles. The summed E-state index contributed by atoms with van der Waals surface area (Å²) < 4.78 is 18.4. The van der Waals surface area contributed by atoms with E-state index in [4.69, 9.17) is 0 Å². The predicted octanol–water partition coefficient (Wildman–Crippen LogP) is 2.98. The highest BCUT2D eigenvalue weighted by atomic mass is 79.9. The van der Waals surface area contributed by atoms with E-state index in [0.717, 1.165) is 15.7 Å². The first-order valence-electron chi connectivity index (χ1n) is 5.46. The molecule has 2 rings (SSSR count). The van der Waals surface area contributed by atoms with Gasteiger partial charge in [-0.2, -0.15) is 4.40 Å². The van der Waals surface area contributed by atoms with E-state index in [-0.39, 0.29) is 4.75 Å². The van der Waals surface area contributed by atoms with Gasteiger partial charge in [0.25, 0.3) is 0 Å². The summed E-state index contributed by atoms with van der Waals surface area (Å²) in [7, 11) is -1.26. The molecule has 1 atom stereocenters. The zero-order valence-electron chi connectivity index (χ0n) is 10.4. The Labute approximate surface area is 117 Å². The van der Waals surface area contributed by atoms with Crippen molar-refractivity contribution in [3.05, 3.63) is 34.7 Å². The van der Waals surface area contributed by atoms with Crippen molar-refractivity contribution < 1.29 is 4.21 Å². The normalized spacial score (nSPS) is 14.4. The average Bonchev–Trinajstić information content (AvgIpc) is 2.71. The van der Waals surface area contributed by atoms with Crippen molar-refractivity contribution in [1.29, 1.82) is 0 Å². The Bertz CT molecular complexity index is 628. The maximum absolute atomic E-state index is 11.9. The minimum Gasteiger partial charge on any atom is -0.305 e. The number of pyridine rings is 1. The summed E-state index contributed by atoms with van der Waals surface area (Å²) >= 11 is 3.43. The van der Waals surface area contributed by atoms with E-state index >= 15 is 0 Å². The fourth-order valence-corrected chi connectivity index (χ4v) is 2.37. The molecule has 0 aliphatic rings. The summed E-state index contributed by atoms with van der Waals surface area (Å²) in [6.45, 7) is 5.69. The first-order chi connectivity index (χ1) is 8.38. The van der Waals surface area contributed by atoms with Gasteiger partial charge < -0.3 is 4.40 Å². The molecule has 18 heavy (non-hydrogen) atoms. The zero-order valence-corrected chi connectivity index (χ0v) is 12.8. The van der Waals surface area contributed by atoms with Gasteiger partial charge in [-0.25, -0.2) is 9.19 Å². The van der Waals surface area contributed by atoms with Crippen molar-refractivity contribution in [3.63, 3.8) is 0 Å². The minimum atomic E-state index is -1.26. The second kappa shape index (κ2) is 4.93. The van der Waals surface area contributed by atoms with E-state index in [2.05, 4.69) is 25.3 Å². The molecule has 0 spiro atoms. The molecule has 2 heterocycles. The Morgan fingerprint density at radius 2 is 2.22 bits per heavy atom. The molecule has 2 aromatic heterocycles. The second-order valence-electron chi connectivity index (χ2n) is 4.87. The number of hydrogen-bond acceptors (Lipinski definition) is 2. The van der Waals surface area contributed by atoms with Crippen LogP contribution in [-0.2, 0) is 11.0 Å². The van der Waals surface area contributed by atoms with Crippen molar-refractivity contribution in [2.24, 2.45) is 4.40 Å². The van der Waals surface area contributed by atoms with Gasteiger partial charge in [-0.1, -0.05) is 0 Å². The number of hydrogen-bond donors (Lipinski definition) is 0. The molecule has 0 radical (unpaired) electrons. The van der Waals surface area contributed by atoms with Crippen molar-refractivity contribution in [3.8, 4) is 0 Å². The van der Waals surface area contributed by atoms with Gasteiger partial charge in [0.05, 0.1) is 4.75 Å². The largest absolute Gasteiger partial charge is 0.305 e. The van der Waals surface area contributed by atoms with E-state index in [1.54, 1.807) is 12.4 Å². The van der Waals surface area contributed by atoms with Crippen molar-refractivity contribution in [1.82, 2.24) is 9.38 Å². The fraction of sp³-hybridized carbons (Fsp3) is 0.333. The molecule has 0 N–H and O–H groups in total. The van der Waals surface area contributed by atoms with Crippen LogP contribution >= 0.6 is 15.9 Å². The van der Waals surface area contributed by atoms with Crippen molar-refractivity contribution in [2.45, 2.75) is 25.5 Å². The van der Waals surface area contributed by atoms with Gasteiger partial charge in [-0.15, -0.1) is 0 Å². The Morgan fingerprint density at radius 1 is 1.50 bits per heavy atom. The molecule has 4 nitrogen and oxygen atoms in total. The van der Waals surface area contributed by atoms with Gasteiger partial charge in [-0.3, -0.25) is 0 Å². The topological polar surface area (TPSA) is 46.7 Å². The van der Waals surface area contributed by atoms with Crippen molar-refractivity contribution in [2.75, 3.05) is 0 Å². The van der Waals surface area contributed by atoms with Crippen LogP contribution in [0.1, 0.15) is 26.3 Å². The Hall–Kier alpha value is -1.01. The Kier molecular flexibility index (Phi) is 3.68. The van der Waals surface area contributed by atoms with Crippen LogP contribution in [0.5, 0.6) is 0 Å². The van der Waals surface area contributed by atoms with Gasteiger partial charge >= 0.3 is 0 Å². The quantitative estimate of drug-likeness (QED) is 0.796. The van der Waals surface area contributed by atoms with E-state index in [1.807, 2.05) is 43.6 Å². The highest BCUT2D eigenvalue weighted by Gasteiger charge is 2.18. The van der Waals surface area contributed by atoms with Crippen LogP contribution in [0.25, 0.3) is 5.65 Å². The molecule has 0 amide bonds. The van der Waals surface area contributed by atoms with E-state index in [1.165, 1.54) is 0 Å². The third kappa shape index (κ3) is 2.87. The predicted molar refractivity (Wildman–Crippen MR) is 78.4 cm³/mol. The van der Waals surface area contributed by atoms with Crippen LogP contribution in [-0.4, -0.2) is 24.6 Å². The molecule has 0 saturated heterocycles. The first kappa shape index (κ1) is 13.4. The Balaban J connectivity index is 2.40. The number of halogens is 1. The van der Waals surface area contributed by atoms with Crippen LogP contribution in [0.2, 0.25) is 0 Å². The lowest BCUT2D eigenvalue weighted by Gasteiger charge is -2.12. The lowest BCUT2D eigenvalue weighted by atomic mass is 10.3. The van der Waals surface area contributed by atoms with E-state index < -0.39 is 11.0 Å². The molecule has 0 unspecified atom stereocenters. The Morgan fingerprint density at radius 3 is 2.89 bits per heavy atom. The molecule has 6 heteroatoms. The van der Waals surface area contributed by atoms with Gasteiger partial charge in [-0.05, 0) is 42.8 Å². The van der Waals surface area contributed by atoms with Gasteiger partial charge in [0.1, 0.15) is 16.6 Å².